The summed E-state index contributed by atoms with van der Waals surface area (Å²) in [5.41, 5.74) is 2.65. The van der Waals surface area contributed by atoms with Gasteiger partial charge in [0.2, 0.25) is 0 Å². The van der Waals surface area contributed by atoms with Crippen molar-refractivity contribution in [3.8, 4) is 11.5 Å². The number of carbonyl (C=O) groups is 2. The molecule has 0 N–H and O–H groups in total. The summed E-state index contributed by atoms with van der Waals surface area (Å²) in [4.78, 5) is 27.4. The Morgan fingerprint density at radius 2 is 1.55 bits per heavy atom. The maximum Gasteiger partial charge on any atom is 0.165 e. The molecule has 1 aliphatic heterocycles. The number of allylic oxidation sites excluding steroid dienone is 5. The molecule has 0 saturated heterocycles. The zero-order chi connectivity index (χ0) is 28.8. The first-order valence-corrected chi connectivity index (χ1v) is 13.8. The van der Waals surface area contributed by atoms with Gasteiger partial charge in [0.05, 0.1) is 7.11 Å². The summed E-state index contributed by atoms with van der Waals surface area (Å²) in [5.74, 6) is 1.38. The first-order valence-electron chi connectivity index (χ1n) is 13.8. The molecule has 5 nitrogen and oxygen atoms in total. The number of hydrogen-bond acceptors (Lipinski definition) is 5. The van der Waals surface area contributed by atoms with Gasteiger partial charge >= 0.3 is 0 Å². The summed E-state index contributed by atoms with van der Waals surface area (Å²) in [7, 11) is 1.55. The van der Waals surface area contributed by atoms with E-state index in [0.29, 0.717) is 71.8 Å². The number of rotatable bonds is 7. The van der Waals surface area contributed by atoms with E-state index in [1.807, 2.05) is 12.1 Å². The second-order valence-corrected chi connectivity index (χ2v) is 12.7. The molecule has 0 spiro atoms. The van der Waals surface area contributed by atoms with Gasteiger partial charge in [-0.05, 0) is 34.9 Å². The number of methoxy groups -OCH3 is 1. The third kappa shape index (κ3) is 5.24. The third-order valence-corrected chi connectivity index (χ3v) is 7.98. The topological polar surface area (TPSA) is 61.8 Å². The molecular formula is C34H37FO5. The average Bonchev–Trinajstić information content (AvgIpc) is 2.85. The molecule has 0 bridgehead atoms. The van der Waals surface area contributed by atoms with Crippen LogP contribution in [0.15, 0.2) is 71.7 Å². The highest BCUT2D eigenvalue weighted by atomic mass is 19.1. The highest BCUT2D eigenvalue weighted by molar-refractivity contribution is 6.06. The minimum absolute atomic E-state index is 0.00421. The number of benzene rings is 2. The Balaban J connectivity index is 1.65. The van der Waals surface area contributed by atoms with Gasteiger partial charge in [-0.2, -0.15) is 0 Å². The van der Waals surface area contributed by atoms with Crippen LogP contribution in [0.25, 0.3) is 0 Å². The molecular weight excluding hydrogens is 507 g/mol. The molecule has 0 aromatic heterocycles. The number of carbonyl (C=O) groups excluding carboxylic acids is 2. The Morgan fingerprint density at radius 3 is 2.10 bits per heavy atom. The first kappa shape index (κ1) is 27.9. The fraction of sp³-hybridized carbons (Fsp3) is 0.412. The van der Waals surface area contributed by atoms with Gasteiger partial charge in [-0.15, -0.1) is 6.58 Å². The molecule has 0 radical (unpaired) electrons. The van der Waals surface area contributed by atoms with Gasteiger partial charge in [-0.3, -0.25) is 9.59 Å². The van der Waals surface area contributed by atoms with Crippen LogP contribution >= 0.6 is 0 Å². The number of ether oxygens (including phenoxy) is 3. The van der Waals surface area contributed by atoms with Crippen molar-refractivity contribution in [1.82, 2.24) is 0 Å². The predicted octanol–water partition coefficient (Wildman–Crippen LogP) is 7.54. The number of ketones is 2. The zero-order valence-electron chi connectivity index (χ0n) is 24.0. The minimum atomic E-state index is -0.552. The summed E-state index contributed by atoms with van der Waals surface area (Å²) in [6.07, 6.45) is 4.23. The van der Waals surface area contributed by atoms with E-state index < -0.39 is 5.92 Å². The van der Waals surface area contributed by atoms with Crippen molar-refractivity contribution in [2.24, 2.45) is 10.8 Å². The second kappa shape index (κ2) is 10.4. The van der Waals surface area contributed by atoms with Crippen molar-refractivity contribution in [3.05, 3.63) is 94.2 Å². The van der Waals surface area contributed by atoms with Crippen LogP contribution in [0.5, 0.6) is 11.5 Å². The Hall–Kier alpha value is -3.67. The quantitative estimate of drug-likeness (QED) is 0.337. The van der Waals surface area contributed by atoms with Crippen molar-refractivity contribution in [2.75, 3.05) is 7.11 Å². The van der Waals surface area contributed by atoms with Crippen LogP contribution in [0, 0.1) is 16.6 Å². The van der Waals surface area contributed by atoms with Crippen molar-refractivity contribution < 1.29 is 28.2 Å². The molecule has 6 heteroatoms. The van der Waals surface area contributed by atoms with Crippen molar-refractivity contribution in [1.29, 1.82) is 0 Å². The lowest BCUT2D eigenvalue weighted by Gasteiger charge is -2.42. The Bertz CT molecular complexity index is 1410. The Labute approximate surface area is 235 Å². The first-order chi connectivity index (χ1) is 18.9. The maximum absolute atomic E-state index is 14.3. The van der Waals surface area contributed by atoms with E-state index in [4.69, 9.17) is 14.2 Å². The van der Waals surface area contributed by atoms with Crippen LogP contribution in [0.2, 0.25) is 0 Å². The van der Waals surface area contributed by atoms with Crippen molar-refractivity contribution in [3.63, 3.8) is 0 Å². The molecule has 0 atom stereocenters. The highest BCUT2D eigenvalue weighted by Gasteiger charge is 2.48. The van der Waals surface area contributed by atoms with Crippen LogP contribution in [0.3, 0.4) is 0 Å². The highest BCUT2D eigenvalue weighted by Crippen LogP contribution is 2.54. The lowest BCUT2D eigenvalue weighted by molar-refractivity contribution is -0.120. The SMILES string of the molecule is C=CCc1cc(C2C3=C(CC(C)(C)CC3=O)OC3=C2C(=O)CC(C)(C)C3)cc(OC)c1OCc1ccccc1F. The molecule has 1 heterocycles. The van der Waals surface area contributed by atoms with Gasteiger partial charge in [0.15, 0.2) is 23.1 Å². The minimum Gasteiger partial charge on any atom is -0.493 e. The van der Waals surface area contributed by atoms with Crippen LogP contribution in [0.4, 0.5) is 4.39 Å². The molecule has 2 aromatic rings. The van der Waals surface area contributed by atoms with Crippen molar-refractivity contribution in [2.45, 2.75) is 72.3 Å². The molecule has 0 fully saturated rings. The summed E-state index contributed by atoms with van der Waals surface area (Å²) >= 11 is 0. The molecule has 3 aliphatic rings. The summed E-state index contributed by atoms with van der Waals surface area (Å²) in [6.45, 7) is 12.2. The van der Waals surface area contributed by atoms with E-state index in [1.165, 1.54) is 6.07 Å². The summed E-state index contributed by atoms with van der Waals surface area (Å²) in [5, 5.41) is 0. The largest absolute Gasteiger partial charge is 0.493 e. The number of hydrogen-bond donors (Lipinski definition) is 0. The Morgan fingerprint density at radius 1 is 0.950 bits per heavy atom. The fourth-order valence-corrected chi connectivity index (χ4v) is 6.25. The molecule has 2 aliphatic carbocycles. The van der Waals surface area contributed by atoms with E-state index in [1.54, 1.807) is 31.4 Å². The van der Waals surface area contributed by atoms with Crippen LogP contribution in [-0.2, 0) is 27.4 Å². The lowest BCUT2D eigenvalue weighted by Crippen LogP contribution is -2.37. The molecule has 0 saturated carbocycles. The van der Waals surface area contributed by atoms with Gasteiger partial charge in [0.25, 0.3) is 0 Å². The molecule has 210 valence electrons. The number of halogens is 1. The standard InChI is InChI=1S/C34H37FO5/c1-7-10-20-13-22(14-26(38-6)32(20)39-19-21-11-8-9-12-23(21)35)29-30-24(36)15-33(2,3)17-27(30)40-28-18-34(4,5)16-25(37)31(28)29/h7-9,11-14,29H,1,10,15-19H2,2-6H3. The van der Waals surface area contributed by atoms with Crippen LogP contribution < -0.4 is 9.47 Å². The van der Waals surface area contributed by atoms with Gasteiger partial charge in [0.1, 0.15) is 23.9 Å². The normalized spacial score (nSPS) is 20.1. The van der Waals surface area contributed by atoms with E-state index in [-0.39, 0.29) is 34.8 Å². The molecule has 5 rings (SSSR count). The van der Waals surface area contributed by atoms with Crippen LogP contribution in [0.1, 0.15) is 76.0 Å². The summed E-state index contributed by atoms with van der Waals surface area (Å²) < 4.78 is 32.7. The summed E-state index contributed by atoms with van der Waals surface area (Å²) in [6, 6.07) is 10.3. The third-order valence-electron chi connectivity index (χ3n) is 7.98. The predicted molar refractivity (Wildman–Crippen MR) is 152 cm³/mol. The van der Waals surface area contributed by atoms with Gasteiger partial charge in [0, 0.05) is 53.9 Å². The van der Waals surface area contributed by atoms with E-state index in [2.05, 4.69) is 34.3 Å². The van der Waals surface area contributed by atoms with Gasteiger partial charge in [-0.1, -0.05) is 58.0 Å². The molecule has 40 heavy (non-hydrogen) atoms. The smallest absolute Gasteiger partial charge is 0.165 e. The fourth-order valence-electron chi connectivity index (χ4n) is 6.25. The monoisotopic (exact) mass is 544 g/mol. The van der Waals surface area contributed by atoms with E-state index in [9.17, 15) is 14.0 Å². The van der Waals surface area contributed by atoms with Crippen molar-refractivity contribution >= 4 is 11.6 Å². The van der Waals surface area contributed by atoms with E-state index in [0.717, 1.165) is 11.1 Å². The van der Waals surface area contributed by atoms with Gasteiger partial charge in [-0.25, -0.2) is 4.39 Å². The van der Waals surface area contributed by atoms with E-state index >= 15 is 0 Å². The second-order valence-electron chi connectivity index (χ2n) is 12.7. The maximum atomic E-state index is 14.3. The number of Topliss-reactive ketones (excluding diaryl/α,β-unsaturated/α-hetero) is 2. The molecule has 2 aromatic carbocycles. The Kier molecular flexibility index (Phi) is 7.24. The molecule has 0 unspecified atom stereocenters. The van der Waals surface area contributed by atoms with Crippen LogP contribution in [-0.4, -0.2) is 18.7 Å². The zero-order valence-corrected chi connectivity index (χ0v) is 24.0. The average molecular weight is 545 g/mol. The lowest BCUT2D eigenvalue weighted by atomic mass is 9.65. The van der Waals surface area contributed by atoms with Gasteiger partial charge < -0.3 is 14.2 Å². The molecule has 0 amide bonds.